The van der Waals surface area contributed by atoms with Gasteiger partial charge in [-0.25, -0.2) is 4.79 Å². The van der Waals surface area contributed by atoms with E-state index in [0.717, 1.165) is 12.8 Å². The molecule has 1 amide bonds. The number of rotatable bonds is 1. The number of nitrogens with two attached hydrogens (primary N) is 1. The monoisotopic (exact) mass is 291 g/mol. The minimum atomic E-state index is -0.480. The number of likely N-dealkylation sites (tertiary alicyclic amines) is 1. The quantitative estimate of drug-likeness (QED) is 0.852. The van der Waals surface area contributed by atoms with E-state index in [9.17, 15) is 4.79 Å². The third-order valence-corrected chi connectivity index (χ3v) is 3.37. The van der Waals surface area contributed by atoms with Gasteiger partial charge in [-0.05, 0) is 33.6 Å². The summed E-state index contributed by atoms with van der Waals surface area (Å²) in [5, 5.41) is 13.1. The normalized spacial score (nSPS) is 16.6. The fraction of sp³-hybridized carbons (Fsp3) is 0.643. The fourth-order valence-electron chi connectivity index (χ4n) is 2.32. The first-order chi connectivity index (χ1) is 9.80. The van der Waals surface area contributed by atoms with Crippen molar-refractivity contribution in [3.05, 3.63) is 11.8 Å². The molecule has 1 fully saturated rings. The Morgan fingerprint density at radius 1 is 1.48 bits per heavy atom. The Labute approximate surface area is 124 Å². The van der Waals surface area contributed by atoms with E-state index in [2.05, 4.69) is 5.10 Å². The summed E-state index contributed by atoms with van der Waals surface area (Å²) in [5.41, 5.74) is 5.58. The van der Waals surface area contributed by atoms with Crippen molar-refractivity contribution in [3.8, 4) is 6.07 Å². The maximum Gasteiger partial charge on any atom is 0.410 e. The smallest absolute Gasteiger partial charge is 0.410 e. The predicted molar refractivity (Wildman–Crippen MR) is 77.4 cm³/mol. The summed E-state index contributed by atoms with van der Waals surface area (Å²) in [6.45, 7) is 6.79. The number of nitrogen functional groups attached to an aromatic ring is 1. The van der Waals surface area contributed by atoms with Gasteiger partial charge in [-0.2, -0.15) is 10.4 Å². The molecule has 1 aliphatic heterocycles. The van der Waals surface area contributed by atoms with Crippen molar-refractivity contribution in [2.45, 2.75) is 45.3 Å². The van der Waals surface area contributed by atoms with Crippen molar-refractivity contribution < 1.29 is 9.53 Å². The number of anilines is 1. The van der Waals surface area contributed by atoms with Gasteiger partial charge in [0.25, 0.3) is 0 Å². The fourth-order valence-corrected chi connectivity index (χ4v) is 2.32. The summed E-state index contributed by atoms with van der Waals surface area (Å²) in [7, 11) is 0. The van der Waals surface area contributed by atoms with Gasteiger partial charge >= 0.3 is 6.09 Å². The van der Waals surface area contributed by atoms with Gasteiger partial charge in [-0.15, -0.1) is 0 Å². The Morgan fingerprint density at radius 2 is 2.10 bits per heavy atom. The zero-order valence-electron chi connectivity index (χ0n) is 12.7. The van der Waals surface area contributed by atoms with Crippen LogP contribution in [-0.4, -0.2) is 39.5 Å². The average Bonchev–Trinajstić information content (AvgIpc) is 2.78. The lowest BCUT2D eigenvalue weighted by atomic mass is 10.1. The molecule has 2 rings (SSSR count). The van der Waals surface area contributed by atoms with E-state index in [1.54, 1.807) is 15.8 Å². The van der Waals surface area contributed by atoms with Crippen molar-refractivity contribution in [3.63, 3.8) is 0 Å². The molecule has 1 saturated heterocycles. The Hall–Kier alpha value is -2.23. The number of carbonyl (C=O) groups is 1. The van der Waals surface area contributed by atoms with Gasteiger partial charge in [0.05, 0.1) is 6.04 Å². The molecule has 0 spiro atoms. The number of hydrogen-bond acceptors (Lipinski definition) is 5. The summed E-state index contributed by atoms with van der Waals surface area (Å²) in [6, 6.07) is 2.17. The molecule has 7 heteroatoms. The lowest BCUT2D eigenvalue weighted by Crippen LogP contribution is -2.42. The summed E-state index contributed by atoms with van der Waals surface area (Å²) >= 11 is 0. The van der Waals surface area contributed by atoms with Crippen LogP contribution in [0.4, 0.5) is 10.6 Å². The number of piperidine rings is 1. The predicted octanol–water partition coefficient (Wildman–Crippen LogP) is 1.91. The minimum Gasteiger partial charge on any atom is -0.444 e. The first-order valence-corrected chi connectivity index (χ1v) is 7.03. The molecular formula is C14H21N5O2. The van der Waals surface area contributed by atoms with Crippen molar-refractivity contribution in [1.82, 2.24) is 14.7 Å². The highest BCUT2D eigenvalue weighted by atomic mass is 16.6. The van der Waals surface area contributed by atoms with Gasteiger partial charge < -0.3 is 15.4 Å². The van der Waals surface area contributed by atoms with E-state index >= 15 is 0 Å². The first kappa shape index (κ1) is 15.2. The van der Waals surface area contributed by atoms with Gasteiger partial charge in [0, 0.05) is 19.3 Å². The Bertz CT molecular complexity index is 559. The van der Waals surface area contributed by atoms with E-state index in [-0.39, 0.29) is 18.0 Å². The largest absolute Gasteiger partial charge is 0.444 e. The minimum absolute atomic E-state index is 0.160. The number of nitrogens with zero attached hydrogens (tertiary/aromatic N) is 4. The number of hydrogen-bond donors (Lipinski definition) is 1. The molecular weight excluding hydrogens is 270 g/mol. The highest BCUT2D eigenvalue weighted by Crippen LogP contribution is 2.24. The molecule has 114 valence electrons. The van der Waals surface area contributed by atoms with Crippen molar-refractivity contribution in [2.75, 3.05) is 18.8 Å². The van der Waals surface area contributed by atoms with Gasteiger partial charge in [0.2, 0.25) is 0 Å². The zero-order valence-corrected chi connectivity index (χ0v) is 12.7. The molecule has 2 N–H and O–H groups in total. The van der Waals surface area contributed by atoms with Gasteiger partial charge in [0.1, 0.15) is 17.2 Å². The highest BCUT2D eigenvalue weighted by Gasteiger charge is 2.28. The second-order valence-corrected chi connectivity index (χ2v) is 6.22. The molecule has 0 radical (unpaired) electrons. The lowest BCUT2D eigenvalue weighted by molar-refractivity contribution is 0.0185. The molecule has 1 aliphatic rings. The third kappa shape index (κ3) is 3.66. The van der Waals surface area contributed by atoms with E-state index in [1.807, 2.05) is 26.8 Å². The van der Waals surface area contributed by atoms with E-state index in [4.69, 9.17) is 15.7 Å². The van der Waals surface area contributed by atoms with Crippen molar-refractivity contribution in [1.29, 1.82) is 5.26 Å². The molecule has 0 saturated carbocycles. The summed E-state index contributed by atoms with van der Waals surface area (Å²) in [6.07, 6.45) is 2.93. The molecule has 2 heterocycles. The number of amides is 1. The molecule has 0 unspecified atom stereocenters. The summed E-state index contributed by atoms with van der Waals surface area (Å²) < 4.78 is 7.10. The van der Waals surface area contributed by atoms with Crippen LogP contribution < -0.4 is 5.73 Å². The third-order valence-electron chi connectivity index (χ3n) is 3.37. The molecule has 0 aliphatic carbocycles. The van der Waals surface area contributed by atoms with Gasteiger partial charge in [-0.3, -0.25) is 4.68 Å². The second-order valence-electron chi connectivity index (χ2n) is 6.22. The first-order valence-electron chi connectivity index (χ1n) is 7.03. The SMILES string of the molecule is CC(C)(C)OC(=O)N1CCC(n2cc(C#N)c(N)n2)CC1. The van der Waals surface area contributed by atoms with Crippen molar-refractivity contribution in [2.24, 2.45) is 0 Å². The van der Waals surface area contributed by atoms with E-state index < -0.39 is 5.60 Å². The standard InChI is InChI=1S/C14H21N5O2/c1-14(2,3)21-13(20)18-6-4-11(5-7-18)19-9-10(8-15)12(16)17-19/h9,11H,4-7H2,1-3H3,(H2,16,17). The van der Waals surface area contributed by atoms with Gasteiger partial charge in [-0.1, -0.05) is 0 Å². The number of carbonyl (C=O) groups excluding carboxylic acids is 1. The Morgan fingerprint density at radius 3 is 2.57 bits per heavy atom. The molecule has 7 nitrogen and oxygen atoms in total. The number of nitriles is 1. The summed E-state index contributed by atoms with van der Waals surface area (Å²) in [5.74, 6) is 0.257. The van der Waals surface area contributed by atoms with E-state index in [1.165, 1.54) is 0 Å². The highest BCUT2D eigenvalue weighted by molar-refractivity contribution is 5.68. The van der Waals surface area contributed by atoms with E-state index in [0.29, 0.717) is 18.7 Å². The maximum atomic E-state index is 12.0. The van der Waals surface area contributed by atoms with Crippen LogP contribution in [0.1, 0.15) is 45.2 Å². The topological polar surface area (TPSA) is 97.2 Å². The molecule has 0 bridgehead atoms. The van der Waals surface area contributed by atoms with Gasteiger partial charge in [0.15, 0.2) is 5.82 Å². The van der Waals surface area contributed by atoms with Crippen LogP contribution in [-0.2, 0) is 4.74 Å². The zero-order chi connectivity index (χ0) is 15.6. The van der Waals surface area contributed by atoms with Crippen LogP contribution in [0.25, 0.3) is 0 Å². The van der Waals surface area contributed by atoms with Crippen LogP contribution in [0.3, 0.4) is 0 Å². The number of ether oxygens (including phenoxy) is 1. The van der Waals surface area contributed by atoms with Crippen molar-refractivity contribution >= 4 is 11.9 Å². The molecule has 1 aromatic heterocycles. The van der Waals surface area contributed by atoms with Crippen LogP contribution in [0.2, 0.25) is 0 Å². The molecule has 1 aromatic rings. The average molecular weight is 291 g/mol. The lowest BCUT2D eigenvalue weighted by Gasteiger charge is -2.33. The molecule has 0 aromatic carbocycles. The molecule has 0 atom stereocenters. The van der Waals surface area contributed by atoms with Crippen LogP contribution in [0, 0.1) is 11.3 Å². The Kier molecular flexibility index (Phi) is 4.07. The van der Waals surface area contributed by atoms with Crippen LogP contribution in [0.5, 0.6) is 0 Å². The second kappa shape index (κ2) is 5.64. The van der Waals surface area contributed by atoms with Crippen LogP contribution in [0.15, 0.2) is 6.20 Å². The Balaban J connectivity index is 1.94. The van der Waals surface area contributed by atoms with Crippen LogP contribution >= 0.6 is 0 Å². The summed E-state index contributed by atoms with van der Waals surface area (Å²) in [4.78, 5) is 13.7. The maximum absolute atomic E-state index is 12.0. The molecule has 21 heavy (non-hydrogen) atoms. The number of aromatic nitrogens is 2.